The highest BCUT2D eigenvalue weighted by molar-refractivity contribution is 6.35. The van der Waals surface area contributed by atoms with Crippen molar-refractivity contribution >= 4 is 40.6 Å². The number of rotatable bonds is 3. The second-order valence-corrected chi connectivity index (χ2v) is 6.32. The molecule has 26 heavy (non-hydrogen) atoms. The molecule has 0 atom stereocenters. The number of carbonyl (C=O) groups is 1. The lowest BCUT2D eigenvalue weighted by Gasteiger charge is -2.08. The summed E-state index contributed by atoms with van der Waals surface area (Å²) in [5.41, 5.74) is 2.32. The molecule has 4 aromatic rings. The van der Waals surface area contributed by atoms with E-state index in [9.17, 15) is 4.79 Å². The molecular formula is C19H12Cl2N4O. The summed E-state index contributed by atoms with van der Waals surface area (Å²) in [6.07, 6.45) is 1.83. The van der Waals surface area contributed by atoms with E-state index >= 15 is 0 Å². The van der Waals surface area contributed by atoms with Crippen molar-refractivity contribution in [1.29, 1.82) is 0 Å². The number of halogens is 2. The maximum atomic E-state index is 12.8. The number of benzene rings is 1. The summed E-state index contributed by atoms with van der Waals surface area (Å²) in [6.45, 7) is 0. The third kappa shape index (κ3) is 3.03. The van der Waals surface area contributed by atoms with Gasteiger partial charge in [0.15, 0.2) is 0 Å². The van der Waals surface area contributed by atoms with Crippen molar-refractivity contribution in [3.8, 4) is 11.3 Å². The van der Waals surface area contributed by atoms with Crippen LogP contribution in [0.4, 0.5) is 5.82 Å². The van der Waals surface area contributed by atoms with Gasteiger partial charge < -0.3 is 5.32 Å². The number of hydrogen-bond donors (Lipinski definition) is 1. The van der Waals surface area contributed by atoms with Gasteiger partial charge in [0.1, 0.15) is 28.0 Å². The first-order valence-electron chi connectivity index (χ1n) is 7.79. The van der Waals surface area contributed by atoms with E-state index in [1.54, 1.807) is 10.5 Å². The van der Waals surface area contributed by atoms with Crippen molar-refractivity contribution in [3.05, 3.63) is 82.7 Å². The highest BCUT2D eigenvalue weighted by Gasteiger charge is 2.19. The number of anilines is 1. The summed E-state index contributed by atoms with van der Waals surface area (Å²) < 4.78 is 1.80. The average Bonchev–Trinajstić information content (AvgIpc) is 3.03. The van der Waals surface area contributed by atoms with Gasteiger partial charge in [-0.2, -0.15) is 0 Å². The van der Waals surface area contributed by atoms with Crippen molar-refractivity contribution in [2.75, 3.05) is 5.32 Å². The lowest BCUT2D eigenvalue weighted by molar-refractivity contribution is 0.102. The Morgan fingerprint density at radius 1 is 0.923 bits per heavy atom. The molecule has 0 fully saturated rings. The molecule has 7 heteroatoms. The van der Waals surface area contributed by atoms with Crippen LogP contribution in [0.5, 0.6) is 0 Å². The van der Waals surface area contributed by atoms with Gasteiger partial charge in [-0.3, -0.25) is 9.20 Å². The smallest absolute Gasteiger partial charge is 0.277 e. The van der Waals surface area contributed by atoms with Crippen LogP contribution >= 0.6 is 23.2 Å². The van der Waals surface area contributed by atoms with E-state index in [0.717, 1.165) is 5.56 Å². The molecule has 0 radical (unpaired) electrons. The Morgan fingerprint density at radius 2 is 1.69 bits per heavy atom. The van der Waals surface area contributed by atoms with Crippen LogP contribution in [-0.2, 0) is 0 Å². The predicted molar refractivity (Wildman–Crippen MR) is 103 cm³/mol. The van der Waals surface area contributed by atoms with E-state index in [-0.39, 0.29) is 15.9 Å². The average molecular weight is 383 g/mol. The SMILES string of the molecule is O=C(Nc1c(-c2ccccc2)nc2ccccn12)c1nc(Cl)ccc1Cl. The maximum Gasteiger partial charge on any atom is 0.277 e. The minimum absolute atomic E-state index is 0.0593. The minimum Gasteiger partial charge on any atom is -0.304 e. The molecule has 0 unspecified atom stereocenters. The van der Waals surface area contributed by atoms with Crippen LogP contribution in [0.1, 0.15) is 10.5 Å². The number of carbonyl (C=O) groups excluding carboxylic acids is 1. The van der Waals surface area contributed by atoms with E-state index in [0.29, 0.717) is 17.2 Å². The summed E-state index contributed by atoms with van der Waals surface area (Å²) in [4.78, 5) is 21.4. The number of fused-ring (bicyclic) bond motifs is 1. The molecule has 0 spiro atoms. The van der Waals surface area contributed by atoms with Crippen LogP contribution in [0.25, 0.3) is 16.9 Å². The van der Waals surface area contributed by atoms with Gasteiger partial charge in [-0.15, -0.1) is 0 Å². The van der Waals surface area contributed by atoms with Gasteiger partial charge in [-0.25, -0.2) is 9.97 Å². The lowest BCUT2D eigenvalue weighted by atomic mass is 10.1. The molecule has 0 saturated carbocycles. The Hall–Kier alpha value is -2.89. The molecule has 1 N–H and O–H groups in total. The number of amides is 1. The molecule has 0 aliphatic heterocycles. The second kappa shape index (κ2) is 6.78. The van der Waals surface area contributed by atoms with Crippen LogP contribution in [0.15, 0.2) is 66.9 Å². The molecule has 5 nitrogen and oxygen atoms in total. The van der Waals surface area contributed by atoms with Crippen molar-refractivity contribution in [2.24, 2.45) is 0 Å². The fraction of sp³-hybridized carbons (Fsp3) is 0. The first-order chi connectivity index (χ1) is 12.6. The van der Waals surface area contributed by atoms with Gasteiger partial charge in [-0.05, 0) is 24.3 Å². The van der Waals surface area contributed by atoms with Gasteiger partial charge >= 0.3 is 0 Å². The molecule has 0 saturated heterocycles. The number of imidazole rings is 1. The Labute approximate surface area is 159 Å². The zero-order chi connectivity index (χ0) is 18.1. The maximum absolute atomic E-state index is 12.8. The van der Waals surface area contributed by atoms with Gasteiger partial charge in [-0.1, -0.05) is 59.6 Å². The number of pyridine rings is 2. The Bertz CT molecular complexity index is 1110. The number of nitrogens with zero attached hydrogens (tertiary/aromatic N) is 3. The summed E-state index contributed by atoms with van der Waals surface area (Å²) >= 11 is 12.0. The van der Waals surface area contributed by atoms with Crippen LogP contribution in [0.2, 0.25) is 10.2 Å². The zero-order valence-electron chi connectivity index (χ0n) is 13.4. The third-order valence-electron chi connectivity index (χ3n) is 3.84. The molecule has 3 aromatic heterocycles. The monoisotopic (exact) mass is 382 g/mol. The molecule has 3 heterocycles. The topological polar surface area (TPSA) is 59.3 Å². The summed E-state index contributed by atoms with van der Waals surface area (Å²) in [6, 6.07) is 18.3. The van der Waals surface area contributed by atoms with E-state index in [1.807, 2.05) is 54.7 Å². The van der Waals surface area contributed by atoms with Crippen LogP contribution in [-0.4, -0.2) is 20.3 Å². The van der Waals surface area contributed by atoms with Crippen LogP contribution < -0.4 is 5.32 Å². The van der Waals surface area contributed by atoms with Crippen molar-refractivity contribution < 1.29 is 4.79 Å². The quantitative estimate of drug-likeness (QED) is 0.509. The minimum atomic E-state index is -0.458. The Kier molecular flexibility index (Phi) is 4.32. The largest absolute Gasteiger partial charge is 0.304 e. The van der Waals surface area contributed by atoms with Gasteiger partial charge in [0, 0.05) is 11.8 Å². The van der Waals surface area contributed by atoms with E-state index in [1.165, 1.54) is 6.07 Å². The summed E-state index contributed by atoms with van der Waals surface area (Å²) in [5.74, 6) is 0.0787. The second-order valence-electron chi connectivity index (χ2n) is 5.52. The standard InChI is InChI=1S/C19H12Cl2N4O/c20-13-9-10-14(21)22-17(13)19(26)24-18-16(12-6-2-1-3-7-12)23-15-8-4-5-11-25(15)18/h1-11H,(H,24,26). The van der Waals surface area contributed by atoms with Crippen molar-refractivity contribution in [1.82, 2.24) is 14.4 Å². The molecule has 0 aliphatic carbocycles. The van der Waals surface area contributed by atoms with Gasteiger partial charge in [0.25, 0.3) is 5.91 Å². The predicted octanol–water partition coefficient (Wildman–Crippen LogP) is 4.96. The molecule has 0 bridgehead atoms. The summed E-state index contributed by atoms with van der Waals surface area (Å²) in [7, 11) is 0. The summed E-state index contributed by atoms with van der Waals surface area (Å²) in [5, 5.41) is 3.29. The number of hydrogen-bond acceptors (Lipinski definition) is 3. The molecular weight excluding hydrogens is 371 g/mol. The fourth-order valence-electron chi connectivity index (χ4n) is 2.66. The van der Waals surface area contributed by atoms with Crippen LogP contribution in [0, 0.1) is 0 Å². The fourth-order valence-corrected chi connectivity index (χ4v) is 3.00. The molecule has 1 amide bonds. The first kappa shape index (κ1) is 16.6. The zero-order valence-corrected chi connectivity index (χ0v) is 14.9. The number of nitrogens with one attached hydrogen (secondary N) is 1. The van der Waals surface area contributed by atoms with E-state index < -0.39 is 5.91 Å². The lowest BCUT2D eigenvalue weighted by Crippen LogP contribution is -2.16. The number of aromatic nitrogens is 3. The molecule has 4 rings (SSSR count). The van der Waals surface area contributed by atoms with Gasteiger partial charge in [0.2, 0.25) is 0 Å². The van der Waals surface area contributed by atoms with Crippen LogP contribution in [0.3, 0.4) is 0 Å². The highest BCUT2D eigenvalue weighted by Crippen LogP contribution is 2.29. The molecule has 0 aliphatic rings. The van der Waals surface area contributed by atoms with Crippen molar-refractivity contribution in [2.45, 2.75) is 0 Å². The normalized spacial score (nSPS) is 10.8. The van der Waals surface area contributed by atoms with Crippen molar-refractivity contribution in [3.63, 3.8) is 0 Å². The molecule has 128 valence electrons. The first-order valence-corrected chi connectivity index (χ1v) is 8.55. The Morgan fingerprint density at radius 3 is 2.50 bits per heavy atom. The van der Waals surface area contributed by atoms with E-state index in [2.05, 4.69) is 15.3 Å². The van der Waals surface area contributed by atoms with Gasteiger partial charge in [0.05, 0.1) is 5.02 Å². The Balaban J connectivity index is 1.83. The highest BCUT2D eigenvalue weighted by atomic mass is 35.5. The third-order valence-corrected chi connectivity index (χ3v) is 4.35. The molecule has 1 aromatic carbocycles. The van der Waals surface area contributed by atoms with E-state index in [4.69, 9.17) is 23.2 Å².